The number of hydrogen-bond acceptors (Lipinski definition) is 3. The number of ketones is 1. The second-order valence-electron chi connectivity index (χ2n) is 3.13. The van der Waals surface area contributed by atoms with Crippen molar-refractivity contribution in [1.29, 1.82) is 0 Å². The van der Waals surface area contributed by atoms with Gasteiger partial charge in [-0.1, -0.05) is 6.07 Å². The van der Waals surface area contributed by atoms with Gasteiger partial charge in [0.25, 0.3) is 0 Å². The SMILES string of the molecule is CCOc1cc(C(Cl)C(C)=O)ccc1S. The zero-order chi connectivity index (χ0) is 11.4. The summed E-state index contributed by atoms with van der Waals surface area (Å²) in [5.74, 6) is 0.580. The summed E-state index contributed by atoms with van der Waals surface area (Å²) < 4.78 is 5.36. The van der Waals surface area contributed by atoms with E-state index in [2.05, 4.69) is 12.6 Å². The maximum atomic E-state index is 11.1. The van der Waals surface area contributed by atoms with Crippen molar-refractivity contribution in [3.05, 3.63) is 23.8 Å². The molecule has 1 rings (SSSR count). The van der Waals surface area contributed by atoms with Crippen molar-refractivity contribution in [2.75, 3.05) is 6.61 Å². The molecule has 0 heterocycles. The summed E-state index contributed by atoms with van der Waals surface area (Å²) in [7, 11) is 0. The van der Waals surface area contributed by atoms with Crippen LogP contribution in [0.1, 0.15) is 24.8 Å². The average molecular weight is 245 g/mol. The van der Waals surface area contributed by atoms with Gasteiger partial charge < -0.3 is 4.74 Å². The summed E-state index contributed by atoms with van der Waals surface area (Å²) in [6.45, 7) is 3.92. The topological polar surface area (TPSA) is 26.3 Å². The van der Waals surface area contributed by atoms with Crippen LogP contribution in [-0.4, -0.2) is 12.4 Å². The Hall–Kier alpha value is -0.670. The minimum atomic E-state index is -0.613. The van der Waals surface area contributed by atoms with Crippen LogP contribution >= 0.6 is 24.2 Å². The van der Waals surface area contributed by atoms with E-state index in [-0.39, 0.29) is 5.78 Å². The number of ether oxygens (including phenoxy) is 1. The molecule has 0 saturated heterocycles. The molecule has 0 amide bonds. The van der Waals surface area contributed by atoms with Gasteiger partial charge in [-0.3, -0.25) is 4.79 Å². The van der Waals surface area contributed by atoms with E-state index in [9.17, 15) is 4.79 Å². The van der Waals surface area contributed by atoms with Crippen LogP contribution in [0.3, 0.4) is 0 Å². The first-order valence-electron chi connectivity index (χ1n) is 4.66. The van der Waals surface area contributed by atoms with Crippen molar-refractivity contribution < 1.29 is 9.53 Å². The molecule has 0 spiro atoms. The molecule has 0 aliphatic rings. The predicted molar refractivity (Wildman–Crippen MR) is 64.1 cm³/mol. The van der Waals surface area contributed by atoms with Crippen LogP contribution in [-0.2, 0) is 4.79 Å². The third-order valence-corrected chi connectivity index (χ3v) is 2.86. The number of rotatable bonds is 4. The fourth-order valence-electron chi connectivity index (χ4n) is 1.19. The van der Waals surface area contributed by atoms with E-state index >= 15 is 0 Å². The number of carbonyl (C=O) groups is 1. The Balaban J connectivity index is 3.01. The summed E-state index contributed by atoms with van der Waals surface area (Å²) in [4.78, 5) is 11.8. The lowest BCUT2D eigenvalue weighted by atomic mass is 10.1. The number of alkyl halides is 1. The van der Waals surface area contributed by atoms with Gasteiger partial charge >= 0.3 is 0 Å². The van der Waals surface area contributed by atoms with Crippen LogP contribution in [0.15, 0.2) is 23.1 Å². The second-order valence-corrected chi connectivity index (χ2v) is 4.05. The summed E-state index contributed by atoms with van der Waals surface area (Å²) in [6.07, 6.45) is 0. The zero-order valence-electron chi connectivity index (χ0n) is 8.66. The lowest BCUT2D eigenvalue weighted by Crippen LogP contribution is -2.02. The van der Waals surface area contributed by atoms with E-state index in [1.165, 1.54) is 6.92 Å². The lowest BCUT2D eigenvalue weighted by Gasteiger charge is -2.10. The van der Waals surface area contributed by atoms with Crippen molar-refractivity contribution in [1.82, 2.24) is 0 Å². The van der Waals surface area contributed by atoms with E-state index in [0.717, 1.165) is 10.5 Å². The normalized spacial score (nSPS) is 12.3. The Kier molecular flexibility index (Phi) is 4.48. The first kappa shape index (κ1) is 12.4. The molecule has 82 valence electrons. The Morgan fingerprint density at radius 1 is 1.60 bits per heavy atom. The molecule has 0 radical (unpaired) electrons. The number of benzene rings is 1. The van der Waals surface area contributed by atoms with Crippen LogP contribution in [0, 0.1) is 0 Å². The van der Waals surface area contributed by atoms with Crippen LogP contribution in [0.4, 0.5) is 0 Å². The maximum Gasteiger partial charge on any atom is 0.152 e. The second kappa shape index (κ2) is 5.42. The van der Waals surface area contributed by atoms with E-state index in [0.29, 0.717) is 12.4 Å². The molecule has 1 aromatic carbocycles. The number of carbonyl (C=O) groups excluding carboxylic acids is 1. The van der Waals surface area contributed by atoms with Gasteiger partial charge in [0.05, 0.1) is 6.61 Å². The predicted octanol–water partition coefficient (Wildman–Crippen LogP) is 3.24. The quantitative estimate of drug-likeness (QED) is 0.650. The highest BCUT2D eigenvalue weighted by Gasteiger charge is 2.14. The first-order chi connectivity index (χ1) is 7.06. The van der Waals surface area contributed by atoms with Gasteiger partial charge in [0.15, 0.2) is 5.78 Å². The minimum Gasteiger partial charge on any atom is -0.493 e. The summed E-state index contributed by atoms with van der Waals surface area (Å²) in [5.41, 5.74) is 0.741. The summed E-state index contributed by atoms with van der Waals surface area (Å²) >= 11 is 10.2. The van der Waals surface area contributed by atoms with Crippen LogP contribution in [0.2, 0.25) is 0 Å². The Bertz CT molecular complexity index is 366. The molecule has 15 heavy (non-hydrogen) atoms. The molecule has 0 N–H and O–H groups in total. The number of hydrogen-bond donors (Lipinski definition) is 1. The van der Waals surface area contributed by atoms with E-state index in [1.54, 1.807) is 18.2 Å². The lowest BCUT2D eigenvalue weighted by molar-refractivity contribution is -0.116. The number of halogens is 1. The highest BCUT2D eigenvalue weighted by Crippen LogP contribution is 2.29. The van der Waals surface area contributed by atoms with Gasteiger partial charge in [0.1, 0.15) is 11.1 Å². The molecule has 4 heteroatoms. The monoisotopic (exact) mass is 244 g/mol. The third kappa shape index (κ3) is 3.14. The van der Waals surface area contributed by atoms with Gasteiger partial charge in [-0.2, -0.15) is 0 Å². The molecule has 0 aliphatic heterocycles. The maximum absolute atomic E-state index is 11.1. The van der Waals surface area contributed by atoms with Gasteiger partial charge in [-0.25, -0.2) is 0 Å². The fraction of sp³-hybridized carbons (Fsp3) is 0.364. The molecule has 1 atom stereocenters. The fourth-order valence-corrected chi connectivity index (χ4v) is 1.53. The number of thiol groups is 1. The Morgan fingerprint density at radius 2 is 2.27 bits per heavy atom. The largest absolute Gasteiger partial charge is 0.493 e. The van der Waals surface area contributed by atoms with Crippen LogP contribution < -0.4 is 4.74 Å². The molecular formula is C11H13ClO2S. The van der Waals surface area contributed by atoms with Crippen molar-refractivity contribution in [3.63, 3.8) is 0 Å². The Morgan fingerprint density at radius 3 is 2.80 bits per heavy atom. The zero-order valence-corrected chi connectivity index (χ0v) is 10.3. The van der Waals surface area contributed by atoms with Crippen molar-refractivity contribution in [2.24, 2.45) is 0 Å². The molecule has 0 aromatic heterocycles. The number of Topliss-reactive ketones (excluding diaryl/α,β-unsaturated/α-hetero) is 1. The van der Waals surface area contributed by atoms with E-state index in [1.807, 2.05) is 6.92 Å². The van der Waals surface area contributed by atoms with Gasteiger partial charge in [-0.05, 0) is 31.5 Å². The summed E-state index contributed by atoms with van der Waals surface area (Å²) in [5, 5.41) is -0.613. The van der Waals surface area contributed by atoms with E-state index < -0.39 is 5.38 Å². The molecular weight excluding hydrogens is 232 g/mol. The highest BCUT2D eigenvalue weighted by atomic mass is 35.5. The molecule has 0 bridgehead atoms. The smallest absolute Gasteiger partial charge is 0.152 e. The molecule has 1 unspecified atom stereocenters. The molecule has 0 saturated carbocycles. The Labute approximate surface area is 100.0 Å². The molecule has 0 fully saturated rings. The highest BCUT2D eigenvalue weighted by molar-refractivity contribution is 7.80. The van der Waals surface area contributed by atoms with Gasteiger partial charge in [0.2, 0.25) is 0 Å². The summed E-state index contributed by atoms with van der Waals surface area (Å²) in [6, 6.07) is 5.32. The van der Waals surface area contributed by atoms with Crippen molar-refractivity contribution in [3.8, 4) is 5.75 Å². The minimum absolute atomic E-state index is 0.0778. The standard InChI is InChI=1S/C11H13ClO2S/c1-3-14-9-6-8(4-5-10(9)15)11(12)7(2)13/h4-6,11,15H,3H2,1-2H3. The molecule has 1 aromatic rings. The molecule has 2 nitrogen and oxygen atoms in total. The van der Waals surface area contributed by atoms with Gasteiger partial charge in [-0.15, -0.1) is 24.2 Å². The average Bonchev–Trinajstić information content (AvgIpc) is 2.20. The molecule has 0 aliphatic carbocycles. The van der Waals surface area contributed by atoms with Gasteiger partial charge in [0, 0.05) is 4.90 Å². The van der Waals surface area contributed by atoms with Crippen molar-refractivity contribution in [2.45, 2.75) is 24.1 Å². The van der Waals surface area contributed by atoms with Crippen LogP contribution in [0.25, 0.3) is 0 Å². The van der Waals surface area contributed by atoms with E-state index in [4.69, 9.17) is 16.3 Å². The van der Waals surface area contributed by atoms with Crippen LogP contribution in [0.5, 0.6) is 5.75 Å². The third-order valence-electron chi connectivity index (χ3n) is 1.93. The van der Waals surface area contributed by atoms with Crippen molar-refractivity contribution >= 4 is 30.0 Å². The first-order valence-corrected chi connectivity index (χ1v) is 5.54.